The smallest absolute Gasteiger partial charge is 0.255 e. The van der Waals surface area contributed by atoms with E-state index in [9.17, 15) is 9.59 Å². The number of nitrogens with one attached hydrogen (secondary N) is 2. The lowest BCUT2D eigenvalue weighted by atomic mass is 10.1. The van der Waals surface area contributed by atoms with E-state index < -0.39 is 0 Å². The summed E-state index contributed by atoms with van der Waals surface area (Å²) in [6.07, 6.45) is 0.0499. The Morgan fingerprint density at radius 2 is 2.05 bits per heavy atom. The first-order valence-electron chi connectivity index (χ1n) is 6.57. The van der Waals surface area contributed by atoms with E-state index in [2.05, 4.69) is 15.3 Å². The molecule has 0 spiro atoms. The molecule has 0 saturated carbocycles. The topological polar surface area (TPSA) is 74.8 Å². The predicted molar refractivity (Wildman–Crippen MR) is 83.4 cm³/mol. The average molecular weight is 303 g/mol. The fourth-order valence-electron chi connectivity index (χ4n) is 1.84. The molecule has 1 aromatic carbocycles. The van der Waals surface area contributed by atoms with E-state index in [1.54, 1.807) is 14.0 Å². The number of hydrogen-bond acceptors (Lipinski definition) is 4. The summed E-state index contributed by atoms with van der Waals surface area (Å²) >= 11 is 1.47. The quantitative estimate of drug-likeness (QED) is 0.651. The van der Waals surface area contributed by atoms with Gasteiger partial charge in [-0.2, -0.15) is 0 Å². The van der Waals surface area contributed by atoms with Gasteiger partial charge in [-0.15, -0.1) is 0 Å². The first-order chi connectivity index (χ1) is 10.1. The fourth-order valence-corrected chi connectivity index (χ4v) is 2.70. The molecule has 0 saturated heterocycles. The number of H-pyrrole nitrogens is 1. The number of likely N-dealkylation sites (N-methyl/N-ethyl adjacent to an activating group) is 1. The zero-order chi connectivity index (χ0) is 15.2. The van der Waals surface area contributed by atoms with Crippen LogP contribution >= 0.6 is 11.8 Å². The van der Waals surface area contributed by atoms with E-state index >= 15 is 0 Å². The number of aromatic amines is 1. The average Bonchev–Trinajstić information content (AvgIpc) is 2.49. The summed E-state index contributed by atoms with van der Waals surface area (Å²) in [5, 5.41) is 3.08. The number of aromatic nitrogens is 2. The fraction of sp³-hybridized carbons (Fsp3) is 0.267. The van der Waals surface area contributed by atoms with Crippen LogP contribution in [0.4, 0.5) is 0 Å². The molecule has 1 heterocycles. The van der Waals surface area contributed by atoms with E-state index in [1.165, 1.54) is 11.8 Å². The minimum atomic E-state index is -0.248. The van der Waals surface area contributed by atoms with Crippen LogP contribution in [0.15, 0.2) is 40.3 Å². The molecule has 0 unspecified atom stereocenters. The van der Waals surface area contributed by atoms with Gasteiger partial charge in [0, 0.05) is 24.1 Å². The second-order valence-corrected chi connectivity index (χ2v) is 5.52. The lowest BCUT2D eigenvalue weighted by Crippen LogP contribution is -2.26. The third-order valence-corrected chi connectivity index (χ3v) is 3.98. The normalized spacial score (nSPS) is 10.4. The lowest BCUT2D eigenvalue weighted by Gasteiger charge is -2.06. The zero-order valence-electron chi connectivity index (χ0n) is 12.0. The Bertz CT molecular complexity index is 683. The summed E-state index contributed by atoms with van der Waals surface area (Å²) in [5.74, 6) is 0.535. The van der Waals surface area contributed by atoms with Crippen LogP contribution in [0.2, 0.25) is 0 Å². The number of nitrogens with zero attached hydrogens (tertiary/aromatic N) is 1. The standard InChI is InChI=1S/C15H17N3O2S/c1-10-12(8-13(19)16-2)14(20)18-15(17-10)21-9-11-6-4-3-5-7-11/h3-7H,8-9H2,1-2H3,(H,16,19)(H,17,18,20). The number of rotatable bonds is 5. The zero-order valence-corrected chi connectivity index (χ0v) is 12.8. The highest BCUT2D eigenvalue weighted by atomic mass is 32.2. The van der Waals surface area contributed by atoms with E-state index in [0.717, 1.165) is 11.3 Å². The van der Waals surface area contributed by atoms with Crippen molar-refractivity contribution in [3.63, 3.8) is 0 Å². The second kappa shape index (κ2) is 7.08. The van der Waals surface area contributed by atoms with Gasteiger partial charge in [-0.3, -0.25) is 9.59 Å². The van der Waals surface area contributed by atoms with Crippen LogP contribution in [-0.4, -0.2) is 22.9 Å². The summed E-state index contributed by atoms with van der Waals surface area (Å²) in [6, 6.07) is 9.97. The number of hydrogen-bond donors (Lipinski definition) is 2. The van der Waals surface area contributed by atoms with Crippen molar-refractivity contribution >= 4 is 17.7 Å². The summed E-state index contributed by atoms with van der Waals surface area (Å²) in [4.78, 5) is 30.5. The Morgan fingerprint density at radius 3 is 2.67 bits per heavy atom. The van der Waals surface area contributed by atoms with Gasteiger partial charge in [-0.05, 0) is 12.5 Å². The van der Waals surface area contributed by atoms with E-state index in [1.807, 2.05) is 30.3 Å². The highest BCUT2D eigenvalue weighted by Gasteiger charge is 2.12. The first-order valence-corrected chi connectivity index (χ1v) is 7.56. The number of benzene rings is 1. The van der Waals surface area contributed by atoms with Crippen molar-refractivity contribution in [2.45, 2.75) is 24.3 Å². The van der Waals surface area contributed by atoms with Crippen LogP contribution in [0.5, 0.6) is 0 Å². The Morgan fingerprint density at radius 1 is 1.33 bits per heavy atom. The summed E-state index contributed by atoms with van der Waals surface area (Å²) in [6.45, 7) is 1.75. The number of thioether (sulfide) groups is 1. The monoisotopic (exact) mass is 303 g/mol. The van der Waals surface area contributed by atoms with Gasteiger partial charge in [0.2, 0.25) is 5.91 Å². The van der Waals surface area contributed by atoms with Gasteiger partial charge >= 0.3 is 0 Å². The number of carbonyl (C=O) groups excluding carboxylic acids is 1. The molecule has 21 heavy (non-hydrogen) atoms. The van der Waals surface area contributed by atoms with Crippen LogP contribution < -0.4 is 10.9 Å². The molecular formula is C15H17N3O2S. The number of carbonyl (C=O) groups is 1. The van der Waals surface area contributed by atoms with Gasteiger partial charge in [-0.25, -0.2) is 4.98 Å². The van der Waals surface area contributed by atoms with Gasteiger partial charge in [-0.1, -0.05) is 42.1 Å². The number of amides is 1. The Labute approximate surface area is 127 Å². The van der Waals surface area contributed by atoms with E-state index in [0.29, 0.717) is 16.4 Å². The third kappa shape index (κ3) is 4.19. The van der Waals surface area contributed by atoms with Crippen molar-refractivity contribution in [3.05, 3.63) is 57.5 Å². The molecular weight excluding hydrogens is 286 g/mol. The molecule has 0 aliphatic heterocycles. The molecule has 2 aromatic rings. The van der Waals surface area contributed by atoms with Gasteiger partial charge in [0.1, 0.15) is 0 Å². The highest BCUT2D eigenvalue weighted by Crippen LogP contribution is 2.18. The van der Waals surface area contributed by atoms with Gasteiger partial charge in [0.05, 0.1) is 6.42 Å². The maximum atomic E-state index is 12.0. The van der Waals surface area contributed by atoms with Gasteiger partial charge in [0.15, 0.2) is 5.16 Å². The molecule has 0 aliphatic carbocycles. The number of aryl methyl sites for hydroxylation is 1. The first kappa shape index (κ1) is 15.3. The van der Waals surface area contributed by atoms with Crippen LogP contribution in [-0.2, 0) is 17.0 Å². The minimum absolute atomic E-state index is 0.0499. The maximum Gasteiger partial charge on any atom is 0.255 e. The van der Waals surface area contributed by atoms with Gasteiger partial charge in [0.25, 0.3) is 5.56 Å². The van der Waals surface area contributed by atoms with Crippen LogP contribution in [0.25, 0.3) is 0 Å². The molecule has 110 valence electrons. The molecule has 5 nitrogen and oxygen atoms in total. The van der Waals surface area contributed by atoms with Crippen molar-refractivity contribution in [3.8, 4) is 0 Å². The summed E-state index contributed by atoms with van der Waals surface area (Å²) < 4.78 is 0. The largest absolute Gasteiger partial charge is 0.359 e. The van der Waals surface area contributed by atoms with Crippen molar-refractivity contribution in [1.29, 1.82) is 0 Å². The Balaban J connectivity index is 2.12. The Hall–Kier alpha value is -2.08. The van der Waals surface area contributed by atoms with Crippen molar-refractivity contribution in [2.24, 2.45) is 0 Å². The van der Waals surface area contributed by atoms with Crippen LogP contribution in [0.1, 0.15) is 16.8 Å². The van der Waals surface area contributed by atoms with Gasteiger partial charge < -0.3 is 10.3 Å². The second-order valence-electron chi connectivity index (χ2n) is 4.56. The molecule has 0 atom stereocenters. The molecule has 0 fully saturated rings. The molecule has 1 amide bonds. The molecule has 6 heteroatoms. The molecule has 0 bridgehead atoms. The third-order valence-electron chi connectivity index (χ3n) is 3.04. The van der Waals surface area contributed by atoms with Crippen molar-refractivity contribution in [1.82, 2.24) is 15.3 Å². The summed E-state index contributed by atoms with van der Waals surface area (Å²) in [7, 11) is 1.55. The Kier molecular flexibility index (Phi) is 5.16. The molecule has 1 aromatic heterocycles. The maximum absolute atomic E-state index is 12.0. The molecule has 0 radical (unpaired) electrons. The van der Waals surface area contributed by atoms with Crippen LogP contribution in [0.3, 0.4) is 0 Å². The van der Waals surface area contributed by atoms with Crippen LogP contribution in [0, 0.1) is 6.92 Å². The SMILES string of the molecule is CNC(=O)Cc1c(C)nc(SCc2ccccc2)[nH]c1=O. The summed E-state index contributed by atoms with van der Waals surface area (Å²) in [5.41, 5.74) is 1.93. The molecule has 0 aliphatic rings. The van der Waals surface area contributed by atoms with E-state index in [4.69, 9.17) is 0 Å². The predicted octanol–water partition coefficient (Wildman–Crippen LogP) is 1.66. The minimum Gasteiger partial charge on any atom is -0.359 e. The molecule has 2 N–H and O–H groups in total. The lowest BCUT2D eigenvalue weighted by molar-refractivity contribution is -0.119. The highest BCUT2D eigenvalue weighted by molar-refractivity contribution is 7.98. The van der Waals surface area contributed by atoms with Crippen molar-refractivity contribution < 1.29 is 4.79 Å². The van der Waals surface area contributed by atoms with Crippen molar-refractivity contribution in [2.75, 3.05) is 7.05 Å². The molecule has 2 rings (SSSR count). The van der Waals surface area contributed by atoms with E-state index in [-0.39, 0.29) is 17.9 Å².